The average molecular weight is 315 g/mol. The van der Waals surface area contributed by atoms with E-state index < -0.39 is 0 Å². The Morgan fingerprint density at radius 1 is 1.48 bits per heavy atom. The van der Waals surface area contributed by atoms with Crippen LogP contribution in [0.1, 0.15) is 47.9 Å². The molecule has 0 radical (unpaired) electrons. The fourth-order valence-corrected chi connectivity index (χ4v) is 2.63. The van der Waals surface area contributed by atoms with E-state index in [-0.39, 0.29) is 23.6 Å². The van der Waals surface area contributed by atoms with Crippen molar-refractivity contribution in [2.45, 2.75) is 32.4 Å². The van der Waals surface area contributed by atoms with Gasteiger partial charge in [-0.2, -0.15) is 0 Å². The molecule has 2 aromatic heterocycles. The first kappa shape index (κ1) is 15.1. The molecular formula is C15H17N5O3. The molecule has 0 bridgehead atoms. The number of amides is 2. The van der Waals surface area contributed by atoms with Gasteiger partial charge in [-0.05, 0) is 18.9 Å². The molecule has 1 aliphatic rings. The highest BCUT2D eigenvalue weighted by Gasteiger charge is 2.33. The first-order valence-electron chi connectivity index (χ1n) is 7.41. The van der Waals surface area contributed by atoms with Gasteiger partial charge in [0.05, 0.1) is 24.5 Å². The Balaban J connectivity index is 1.78. The number of carbonyl (C=O) groups is 2. The molecule has 3 heterocycles. The molecule has 1 aliphatic heterocycles. The van der Waals surface area contributed by atoms with Crippen LogP contribution in [0.25, 0.3) is 0 Å². The monoisotopic (exact) mass is 315 g/mol. The molecule has 3 rings (SSSR count). The fraction of sp³-hybridized carbons (Fsp3) is 0.400. The number of carbonyl (C=O) groups excluding carboxylic acids is 2. The van der Waals surface area contributed by atoms with Crippen molar-refractivity contribution in [2.24, 2.45) is 0 Å². The van der Waals surface area contributed by atoms with Gasteiger partial charge in [-0.3, -0.25) is 9.59 Å². The highest BCUT2D eigenvalue weighted by Crippen LogP contribution is 2.31. The molecule has 8 nitrogen and oxygen atoms in total. The van der Waals surface area contributed by atoms with Crippen molar-refractivity contribution in [3.8, 4) is 0 Å². The first-order valence-corrected chi connectivity index (χ1v) is 7.41. The maximum absolute atomic E-state index is 12.5. The van der Waals surface area contributed by atoms with Crippen LogP contribution in [-0.4, -0.2) is 38.2 Å². The van der Waals surface area contributed by atoms with E-state index in [0.29, 0.717) is 24.6 Å². The quantitative estimate of drug-likeness (QED) is 0.906. The average Bonchev–Trinajstić information content (AvgIpc) is 3.23. The van der Waals surface area contributed by atoms with Crippen LogP contribution >= 0.6 is 0 Å². The summed E-state index contributed by atoms with van der Waals surface area (Å²) in [5, 5.41) is 2.70. The summed E-state index contributed by atoms with van der Waals surface area (Å²) in [5.74, 6) is 0.471. The summed E-state index contributed by atoms with van der Waals surface area (Å²) in [6.45, 7) is 2.42. The van der Waals surface area contributed by atoms with Crippen molar-refractivity contribution < 1.29 is 14.0 Å². The van der Waals surface area contributed by atoms with Gasteiger partial charge in [-0.15, -0.1) is 0 Å². The molecule has 0 saturated carbocycles. The second kappa shape index (κ2) is 6.55. The summed E-state index contributed by atoms with van der Waals surface area (Å²) in [5.41, 5.74) is 0.712. The number of nitrogens with zero attached hydrogens (tertiary/aromatic N) is 4. The zero-order chi connectivity index (χ0) is 16.2. The SMILES string of the molecule is CC(=O)NCc1ccnc([C@@H]2CCCN2C(=O)c2cnco2)n1. The van der Waals surface area contributed by atoms with Gasteiger partial charge in [-0.1, -0.05) is 0 Å². The van der Waals surface area contributed by atoms with E-state index in [1.54, 1.807) is 17.2 Å². The van der Waals surface area contributed by atoms with Crippen molar-refractivity contribution >= 4 is 11.8 Å². The van der Waals surface area contributed by atoms with E-state index >= 15 is 0 Å². The minimum Gasteiger partial charge on any atom is -0.438 e. The number of likely N-dealkylation sites (tertiary alicyclic amines) is 1. The number of rotatable bonds is 4. The summed E-state index contributed by atoms with van der Waals surface area (Å²) >= 11 is 0. The minimum absolute atomic E-state index is 0.117. The smallest absolute Gasteiger partial charge is 0.291 e. The molecule has 2 amide bonds. The normalized spacial score (nSPS) is 17.3. The van der Waals surface area contributed by atoms with Gasteiger partial charge in [0.15, 0.2) is 12.2 Å². The van der Waals surface area contributed by atoms with Crippen molar-refractivity contribution in [1.82, 2.24) is 25.2 Å². The van der Waals surface area contributed by atoms with Crippen LogP contribution < -0.4 is 5.32 Å². The number of hydrogen-bond donors (Lipinski definition) is 1. The molecule has 2 aromatic rings. The Labute approximate surface area is 132 Å². The summed E-state index contributed by atoms with van der Waals surface area (Å²) in [6.07, 6.45) is 5.97. The van der Waals surface area contributed by atoms with E-state index in [0.717, 1.165) is 12.8 Å². The number of aromatic nitrogens is 3. The van der Waals surface area contributed by atoms with E-state index in [1.165, 1.54) is 19.5 Å². The van der Waals surface area contributed by atoms with E-state index in [2.05, 4.69) is 20.3 Å². The third-order valence-electron chi connectivity index (χ3n) is 3.71. The topological polar surface area (TPSA) is 101 Å². The Morgan fingerprint density at radius 2 is 2.35 bits per heavy atom. The number of oxazole rings is 1. The molecule has 0 aromatic carbocycles. The minimum atomic E-state index is -0.208. The van der Waals surface area contributed by atoms with Gasteiger partial charge in [0, 0.05) is 19.7 Å². The maximum Gasteiger partial charge on any atom is 0.291 e. The summed E-state index contributed by atoms with van der Waals surface area (Å²) in [4.78, 5) is 37.7. The zero-order valence-electron chi connectivity index (χ0n) is 12.7. The lowest BCUT2D eigenvalue weighted by atomic mass is 10.2. The first-order chi connectivity index (χ1) is 11.1. The van der Waals surface area contributed by atoms with Crippen molar-refractivity contribution in [1.29, 1.82) is 0 Å². The van der Waals surface area contributed by atoms with Crippen molar-refractivity contribution in [3.63, 3.8) is 0 Å². The van der Waals surface area contributed by atoms with Crippen molar-refractivity contribution in [2.75, 3.05) is 6.54 Å². The maximum atomic E-state index is 12.5. The van der Waals surface area contributed by atoms with Crippen LogP contribution in [0.3, 0.4) is 0 Å². The molecule has 0 aliphatic carbocycles. The lowest BCUT2D eigenvalue weighted by molar-refractivity contribution is -0.119. The summed E-state index contributed by atoms with van der Waals surface area (Å²) in [6, 6.07) is 1.56. The van der Waals surface area contributed by atoms with Crippen LogP contribution in [0.2, 0.25) is 0 Å². The van der Waals surface area contributed by atoms with Crippen LogP contribution in [0, 0.1) is 0 Å². The van der Waals surface area contributed by atoms with Crippen LogP contribution in [0.5, 0.6) is 0 Å². The predicted octanol–water partition coefficient (Wildman–Crippen LogP) is 1.08. The van der Waals surface area contributed by atoms with Gasteiger partial charge in [0.2, 0.25) is 11.7 Å². The zero-order valence-corrected chi connectivity index (χ0v) is 12.7. The van der Waals surface area contributed by atoms with Crippen LogP contribution in [-0.2, 0) is 11.3 Å². The molecule has 8 heteroatoms. The number of nitrogens with one attached hydrogen (secondary N) is 1. The standard InChI is InChI=1S/C15H17N5O3/c1-10(21)18-7-11-4-5-17-14(19-11)12-3-2-6-20(12)15(22)13-8-16-9-23-13/h4-5,8-9,12H,2-3,6-7H2,1H3,(H,18,21)/t12-/m0/s1. The molecular weight excluding hydrogens is 298 g/mol. The lowest BCUT2D eigenvalue weighted by Crippen LogP contribution is -2.31. The second-order valence-corrected chi connectivity index (χ2v) is 5.34. The molecule has 1 fully saturated rings. The van der Waals surface area contributed by atoms with Gasteiger partial charge < -0.3 is 14.6 Å². The van der Waals surface area contributed by atoms with Gasteiger partial charge >= 0.3 is 0 Å². The van der Waals surface area contributed by atoms with E-state index in [1.807, 2.05) is 0 Å². The Hall–Kier alpha value is -2.77. The second-order valence-electron chi connectivity index (χ2n) is 5.34. The highest BCUT2D eigenvalue weighted by atomic mass is 16.3. The Morgan fingerprint density at radius 3 is 3.09 bits per heavy atom. The largest absolute Gasteiger partial charge is 0.438 e. The number of hydrogen-bond acceptors (Lipinski definition) is 6. The molecule has 1 N–H and O–H groups in total. The van der Waals surface area contributed by atoms with E-state index in [4.69, 9.17) is 4.42 Å². The van der Waals surface area contributed by atoms with Crippen molar-refractivity contribution in [3.05, 3.63) is 42.1 Å². The lowest BCUT2D eigenvalue weighted by Gasteiger charge is -2.22. The highest BCUT2D eigenvalue weighted by molar-refractivity contribution is 5.91. The molecule has 0 spiro atoms. The predicted molar refractivity (Wildman–Crippen MR) is 79.1 cm³/mol. The third-order valence-corrected chi connectivity index (χ3v) is 3.71. The molecule has 0 unspecified atom stereocenters. The summed E-state index contributed by atoms with van der Waals surface area (Å²) < 4.78 is 5.09. The Kier molecular flexibility index (Phi) is 4.31. The van der Waals surface area contributed by atoms with Crippen LogP contribution in [0.15, 0.2) is 29.3 Å². The molecule has 23 heavy (non-hydrogen) atoms. The molecule has 120 valence electrons. The fourth-order valence-electron chi connectivity index (χ4n) is 2.63. The molecule has 1 atom stereocenters. The molecule has 1 saturated heterocycles. The van der Waals surface area contributed by atoms with E-state index in [9.17, 15) is 9.59 Å². The van der Waals surface area contributed by atoms with Gasteiger partial charge in [-0.25, -0.2) is 15.0 Å². The van der Waals surface area contributed by atoms with Gasteiger partial charge in [0.1, 0.15) is 0 Å². The Bertz CT molecular complexity index is 701. The summed E-state index contributed by atoms with van der Waals surface area (Å²) in [7, 11) is 0. The third kappa shape index (κ3) is 3.36. The van der Waals surface area contributed by atoms with Gasteiger partial charge in [0.25, 0.3) is 5.91 Å². The van der Waals surface area contributed by atoms with Crippen LogP contribution in [0.4, 0.5) is 0 Å².